The summed E-state index contributed by atoms with van der Waals surface area (Å²) in [6.07, 6.45) is 6.38. The second-order valence-electron chi connectivity index (χ2n) is 12.1. The van der Waals surface area contributed by atoms with Crippen molar-refractivity contribution in [1.82, 2.24) is 0 Å². The molecule has 0 fully saturated rings. The minimum Gasteiger partial charge on any atom is -0.311 e. The van der Waals surface area contributed by atoms with E-state index >= 15 is 0 Å². The summed E-state index contributed by atoms with van der Waals surface area (Å²) in [4.78, 5) is 4.62. The van der Waals surface area contributed by atoms with Crippen LogP contribution in [0.25, 0.3) is 27.8 Å². The van der Waals surface area contributed by atoms with E-state index in [0.717, 1.165) is 34.1 Å². The van der Waals surface area contributed by atoms with Gasteiger partial charge in [0.1, 0.15) is 0 Å². The first-order valence-electron chi connectivity index (χ1n) is 18.2. The molecule has 2 heteroatoms. The molecule has 0 saturated carbocycles. The Morgan fingerprint density at radius 2 is 0.635 bits per heavy atom. The van der Waals surface area contributed by atoms with Crippen molar-refractivity contribution in [2.45, 2.75) is 27.7 Å². The van der Waals surface area contributed by atoms with Crippen molar-refractivity contribution in [2.24, 2.45) is 0 Å². The van der Waals surface area contributed by atoms with E-state index in [1.807, 2.05) is 13.8 Å². The molecule has 0 radical (unpaired) electrons. The van der Waals surface area contributed by atoms with Gasteiger partial charge in [-0.3, -0.25) is 0 Å². The molecule has 0 amide bonds. The molecule has 7 aromatic rings. The summed E-state index contributed by atoms with van der Waals surface area (Å²) in [5.74, 6) is 0. The number of hydrogen-bond acceptors (Lipinski definition) is 2. The van der Waals surface area contributed by atoms with Gasteiger partial charge in [-0.05, 0) is 120 Å². The molecule has 256 valence electrons. The van der Waals surface area contributed by atoms with Gasteiger partial charge in [0.2, 0.25) is 0 Å². The highest BCUT2D eigenvalue weighted by atomic mass is 15.1. The van der Waals surface area contributed by atoms with Crippen LogP contribution in [0.15, 0.2) is 206 Å². The van der Waals surface area contributed by atoms with Gasteiger partial charge in [-0.1, -0.05) is 147 Å². The SMILES string of the molecule is C/C=C\C(=C/C)c1ccc(N(c2ccccc2)c2ccc(-c3ccc(N(c4ccccc4)c4ccc(-c5ccccc5)cc4)cc3)cc2)cc1.CC. The lowest BCUT2D eigenvalue weighted by Crippen LogP contribution is -2.10. The molecule has 0 bridgehead atoms. The van der Waals surface area contributed by atoms with Gasteiger partial charge < -0.3 is 9.80 Å². The predicted octanol–water partition coefficient (Wildman–Crippen LogP) is 15.0. The molecule has 0 aliphatic heterocycles. The molecule has 0 atom stereocenters. The van der Waals surface area contributed by atoms with E-state index in [9.17, 15) is 0 Å². The third-order valence-electron chi connectivity index (χ3n) is 8.96. The maximum atomic E-state index is 2.31. The van der Waals surface area contributed by atoms with E-state index in [2.05, 4.69) is 230 Å². The smallest absolute Gasteiger partial charge is 0.0462 e. The molecule has 0 aromatic heterocycles. The highest BCUT2D eigenvalue weighted by Gasteiger charge is 2.15. The fourth-order valence-electron chi connectivity index (χ4n) is 6.43. The topological polar surface area (TPSA) is 6.48 Å². The lowest BCUT2D eigenvalue weighted by molar-refractivity contribution is 1.28. The predicted molar refractivity (Wildman–Crippen MR) is 226 cm³/mol. The first-order chi connectivity index (χ1) is 25.7. The summed E-state index contributed by atoms with van der Waals surface area (Å²) in [7, 11) is 0. The van der Waals surface area contributed by atoms with E-state index in [-0.39, 0.29) is 0 Å². The zero-order valence-electron chi connectivity index (χ0n) is 30.5. The van der Waals surface area contributed by atoms with Gasteiger partial charge in [0.25, 0.3) is 0 Å². The summed E-state index contributed by atoms with van der Waals surface area (Å²) in [6.45, 7) is 8.14. The molecule has 0 unspecified atom stereocenters. The fourth-order valence-corrected chi connectivity index (χ4v) is 6.43. The third-order valence-corrected chi connectivity index (χ3v) is 8.96. The van der Waals surface area contributed by atoms with Crippen molar-refractivity contribution in [3.05, 3.63) is 212 Å². The van der Waals surface area contributed by atoms with Crippen LogP contribution in [0.5, 0.6) is 0 Å². The molecule has 0 spiro atoms. The molecular formula is C50H46N2. The van der Waals surface area contributed by atoms with Gasteiger partial charge in [0.05, 0.1) is 0 Å². The van der Waals surface area contributed by atoms with E-state index in [4.69, 9.17) is 0 Å². The Morgan fingerprint density at radius 1 is 0.346 bits per heavy atom. The lowest BCUT2D eigenvalue weighted by atomic mass is 10.0. The first kappa shape index (κ1) is 35.4. The Kier molecular flexibility index (Phi) is 11.9. The molecule has 7 aromatic carbocycles. The Balaban J connectivity index is 0.00000228. The number of anilines is 6. The molecule has 7 rings (SSSR count). The molecule has 0 saturated heterocycles. The maximum absolute atomic E-state index is 2.31. The van der Waals surface area contributed by atoms with E-state index < -0.39 is 0 Å². The molecular weight excluding hydrogens is 629 g/mol. The molecule has 0 N–H and O–H groups in total. The summed E-state index contributed by atoms with van der Waals surface area (Å²) in [5.41, 5.74) is 13.9. The van der Waals surface area contributed by atoms with Gasteiger partial charge in [-0.25, -0.2) is 0 Å². The van der Waals surface area contributed by atoms with Gasteiger partial charge in [-0.15, -0.1) is 0 Å². The second kappa shape index (κ2) is 17.5. The van der Waals surface area contributed by atoms with Crippen molar-refractivity contribution >= 4 is 39.7 Å². The van der Waals surface area contributed by atoms with Crippen LogP contribution in [0, 0.1) is 0 Å². The van der Waals surface area contributed by atoms with Crippen LogP contribution in [0.4, 0.5) is 34.1 Å². The molecule has 2 nitrogen and oxygen atoms in total. The summed E-state index contributed by atoms with van der Waals surface area (Å²) < 4.78 is 0. The minimum atomic E-state index is 1.11. The number of allylic oxidation sites excluding steroid dienone is 4. The number of rotatable bonds is 10. The fraction of sp³-hybridized carbons (Fsp3) is 0.0800. The Bertz CT molecular complexity index is 2170. The zero-order valence-corrected chi connectivity index (χ0v) is 30.5. The van der Waals surface area contributed by atoms with Gasteiger partial charge in [0, 0.05) is 34.1 Å². The monoisotopic (exact) mass is 674 g/mol. The van der Waals surface area contributed by atoms with Crippen LogP contribution in [0.1, 0.15) is 33.3 Å². The number of hydrogen-bond donors (Lipinski definition) is 0. The standard InChI is InChI=1S/C48H40N2.C2H6/c1-3-14-37(4-2)39-21-29-45(30-22-39)49(43-17-10-6-11-18-43)47-33-25-41(26-34-47)42-27-35-48(36-28-42)50(44-19-12-7-13-20-44)46-31-23-40(24-32-46)38-15-8-5-9-16-38;1-2/h3-36H,1-2H3;1-2H3/b14-3-,37-4+;. The van der Waals surface area contributed by atoms with Crippen molar-refractivity contribution < 1.29 is 0 Å². The van der Waals surface area contributed by atoms with Crippen LogP contribution in [-0.4, -0.2) is 0 Å². The van der Waals surface area contributed by atoms with Gasteiger partial charge in [0.15, 0.2) is 0 Å². The number of nitrogens with zero attached hydrogens (tertiary/aromatic N) is 2. The highest BCUT2D eigenvalue weighted by molar-refractivity contribution is 5.82. The number of benzene rings is 7. The molecule has 0 aliphatic carbocycles. The lowest BCUT2D eigenvalue weighted by Gasteiger charge is -2.26. The van der Waals surface area contributed by atoms with Crippen LogP contribution in [0.2, 0.25) is 0 Å². The largest absolute Gasteiger partial charge is 0.311 e. The molecule has 52 heavy (non-hydrogen) atoms. The van der Waals surface area contributed by atoms with Crippen LogP contribution in [-0.2, 0) is 0 Å². The summed E-state index contributed by atoms with van der Waals surface area (Å²) >= 11 is 0. The zero-order chi connectivity index (χ0) is 36.1. The summed E-state index contributed by atoms with van der Waals surface area (Å²) in [5, 5.41) is 0. The van der Waals surface area contributed by atoms with Crippen LogP contribution >= 0.6 is 0 Å². The third kappa shape index (κ3) is 8.15. The normalized spacial score (nSPS) is 11.1. The van der Waals surface area contributed by atoms with Crippen LogP contribution in [0.3, 0.4) is 0 Å². The van der Waals surface area contributed by atoms with Crippen molar-refractivity contribution in [2.75, 3.05) is 9.80 Å². The quantitative estimate of drug-likeness (QED) is 0.133. The Hall–Kier alpha value is -6.38. The first-order valence-corrected chi connectivity index (χ1v) is 18.2. The van der Waals surface area contributed by atoms with E-state index in [1.165, 1.54) is 33.4 Å². The maximum Gasteiger partial charge on any atom is 0.0462 e. The van der Waals surface area contributed by atoms with E-state index in [0.29, 0.717) is 0 Å². The summed E-state index contributed by atoms with van der Waals surface area (Å²) in [6, 6.07) is 67.0. The van der Waals surface area contributed by atoms with Gasteiger partial charge in [-0.2, -0.15) is 0 Å². The van der Waals surface area contributed by atoms with Crippen LogP contribution < -0.4 is 9.80 Å². The van der Waals surface area contributed by atoms with Crippen molar-refractivity contribution in [3.63, 3.8) is 0 Å². The average molecular weight is 675 g/mol. The van der Waals surface area contributed by atoms with Crippen molar-refractivity contribution in [3.8, 4) is 22.3 Å². The van der Waals surface area contributed by atoms with Crippen molar-refractivity contribution in [1.29, 1.82) is 0 Å². The second-order valence-corrected chi connectivity index (χ2v) is 12.1. The Labute approximate surface area is 310 Å². The number of para-hydroxylation sites is 2. The highest BCUT2D eigenvalue weighted by Crippen LogP contribution is 2.38. The van der Waals surface area contributed by atoms with Gasteiger partial charge >= 0.3 is 0 Å². The Morgan fingerprint density at radius 3 is 0.962 bits per heavy atom. The molecule has 0 heterocycles. The molecule has 0 aliphatic rings. The average Bonchev–Trinajstić information content (AvgIpc) is 3.23. The minimum absolute atomic E-state index is 1.11. The van der Waals surface area contributed by atoms with E-state index in [1.54, 1.807) is 0 Å².